The molecule has 0 aliphatic rings. The Morgan fingerprint density at radius 2 is 1.90 bits per heavy atom. The first-order valence-electron chi connectivity index (χ1n) is 8.92. The molecule has 1 atom stereocenters. The van der Waals surface area contributed by atoms with E-state index in [1.807, 2.05) is 31.2 Å². The maximum Gasteiger partial charge on any atom is 0.271 e. The zero-order valence-corrected chi connectivity index (χ0v) is 17.0. The minimum absolute atomic E-state index is 0.270. The number of nitrogens with zero attached hydrogens (tertiary/aromatic N) is 1. The van der Waals surface area contributed by atoms with E-state index in [9.17, 15) is 9.18 Å². The van der Waals surface area contributed by atoms with E-state index in [1.54, 1.807) is 30.5 Å². The summed E-state index contributed by atoms with van der Waals surface area (Å²) < 4.78 is 20.1. The Labute approximate surface area is 175 Å². The van der Waals surface area contributed by atoms with Crippen LogP contribution in [0.1, 0.15) is 28.0 Å². The molecule has 2 aromatic carbocycles. The predicted octanol–water partition coefficient (Wildman–Crippen LogP) is 5.58. The first kappa shape index (κ1) is 19.1. The summed E-state index contributed by atoms with van der Waals surface area (Å²) in [5, 5.41) is 6.89. The van der Waals surface area contributed by atoms with Crippen LogP contribution in [0.4, 0.5) is 10.1 Å². The third-order valence-electron chi connectivity index (χ3n) is 4.38. The molecule has 4 rings (SSSR count). The Bertz CT molecular complexity index is 1160. The molecule has 0 aliphatic carbocycles. The molecule has 29 heavy (non-hydrogen) atoms. The Balaban J connectivity index is 1.66. The van der Waals surface area contributed by atoms with Crippen molar-refractivity contribution in [2.45, 2.75) is 13.1 Å². The number of carbonyl (C=O) groups excluding carboxylic acids is 1. The van der Waals surface area contributed by atoms with E-state index in [2.05, 4.69) is 31.5 Å². The second-order valence-electron chi connectivity index (χ2n) is 6.61. The highest BCUT2D eigenvalue weighted by molar-refractivity contribution is 9.10. The van der Waals surface area contributed by atoms with Crippen molar-refractivity contribution < 1.29 is 13.6 Å². The average Bonchev–Trinajstić information content (AvgIpc) is 3.12. The van der Waals surface area contributed by atoms with Gasteiger partial charge in [0.15, 0.2) is 6.17 Å². The Morgan fingerprint density at radius 1 is 1.10 bits per heavy atom. The number of carbonyl (C=O) groups is 1. The summed E-state index contributed by atoms with van der Waals surface area (Å²) in [7, 11) is 0. The Kier molecular flexibility index (Phi) is 5.31. The van der Waals surface area contributed by atoms with Crippen molar-refractivity contribution in [1.82, 2.24) is 10.3 Å². The number of aromatic nitrogens is 1. The molecule has 0 saturated carbocycles. The zero-order valence-electron chi connectivity index (χ0n) is 15.4. The number of amides is 1. The molecule has 2 aromatic heterocycles. The number of fused-ring (bicyclic) bond motifs is 1. The lowest BCUT2D eigenvalue weighted by Crippen LogP contribution is -2.33. The third kappa shape index (κ3) is 4.46. The van der Waals surface area contributed by atoms with Crippen molar-refractivity contribution >= 4 is 38.5 Å². The fourth-order valence-electron chi connectivity index (χ4n) is 2.88. The summed E-state index contributed by atoms with van der Waals surface area (Å²) in [6.45, 7) is 2.00. The van der Waals surface area contributed by atoms with Crippen LogP contribution in [0.25, 0.3) is 11.0 Å². The lowest BCUT2D eigenvalue weighted by molar-refractivity contribution is 0.0932. The van der Waals surface area contributed by atoms with Gasteiger partial charge in [0, 0.05) is 27.8 Å². The van der Waals surface area contributed by atoms with Gasteiger partial charge in [0.2, 0.25) is 0 Å². The molecule has 2 heterocycles. The molecule has 0 bridgehead atoms. The molecule has 0 radical (unpaired) electrons. The smallest absolute Gasteiger partial charge is 0.271 e. The highest BCUT2D eigenvalue weighted by Gasteiger charge is 2.20. The fraction of sp³-hybridized carbons (Fsp3) is 0.0909. The van der Waals surface area contributed by atoms with Crippen LogP contribution in [-0.4, -0.2) is 10.9 Å². The molecule has 5 nitrogen and oxygen atoms in total. The largest absolute Gasteiger partial charge is 0.457 e. The van der Waals surface area contributed by atoms with Gasteiger partial charge in [-0.05, 0) is 65.3 Å². The van der Waals surface area contributed by atoms with Crippen molar-refractivity contribution in [3.63, 3.8) is 0 Å². The van der Waals surface area contributed by atoms with Crippen LogP contribution in [0.2, 0.25) is 0 Å². The summed E-state index contributed by atoms with van der Waals surface area (Å²) in [5.74, 6) is -0.296. The maximum absolute atomic E-state index is 13.5. The SMILES string of the molecule is Cc1ccc(NC(NC(=O)c2ccc(Br)cn2)c2cc3ccc(F)cc3o2)cc1. The van der Waals surface area contributed by atoms with Crippen LogP contribution in [0.5, 0.6) is 0 Å². The molecule has 7 heteroatoms. The number of rotatable bonds is 5. The first-order chi connectivity index (χ1) is 14.0. The standard InChI is InChI=1S/C22H17BrFN3O2/c1-13-2-7-17(8-3-13)26-21(27-22(28)18-9-5-15(23)12-25-18)20-10-14-4-6-16(24)11-19(14)29-20/h2-12,21,26H,1H3,(H,27,28). The van der Waals surface area contributed by atoms with Gasteiger partial charge in [-0.2, -0.15) is 0 Å². The van der Waals surface area contributed by atoms with Gasteiger partial charge in [-0.15, -0.1) is 0 Å². The van der Waals surface area contributed by atoms with E-state index in [4.69, 9.17) is 4.42 Å². The van der Waals surface area contributed by atoms with E-state index in [0.717, 1.165) is 21.1 Å². The zero-order chi connectivity index (χ0) is 20.4. The molecule has 0 aliphatic heterocycles. The van der Waals surface area contributed by atoms with Gasteiger partial charge in [-0.25, -0.2) is 9.37 Å². The quantitative estimate of drug-likeness (QED) is 0.387. The molecule has 146 valence electrons. The summed E-state index contributed by atoms with van der Waals surface area (Å²) in [6.07, 6.45) is 0.882. The summed E-state index contributed by atoms with van der Waals surface area (Å²) >= 11 is 3.31. The molecule has 2 N–H and O–H groups in total. The monoisotopic (exact) mass is 453 g/mol. The molecule has 1 unspecified atom stereocenters. The Hall–Kier alpha value is -3.19. The van der Waals surface area contributed by atoms with Gasteiger partial charge in [0.1, 0.15) is 22.9 Å². The van der Waals surface area contributed by atoms with Gasteiger partial charge in [0.05, 0.1) is 0 Å². The average molecular weight is 454 g/mol. The Morgan fingerprint density at radius 3 is 2.62 bits per heavy atom. The van der Waals surface area contributed by atoms with E-state index in [1.165, 1.54) is 12.1 Å². The lowest BCUT2D eigenvalue weighted by atomic mass is 10.2. The number of benzene rings is 2. The second-order valence-corrected chi connectivity index (χ2v) is 7.53. The van der Waals surface area contributed by atoms with Crippen LogP contribution in [0.3, 0.4) is 0 Å². The van der Waals surface area contributed by atoms with E-state index < -0.39 is 6.17 Å². The van der Waals surface area contributed by atoms with Crippen LogP contribution in [-0.2, 0) is 0 Å². The van der Waals surface area contributed by atoms with Crippen molar-refractivity contribution in [3.05, 3.63) is 94.2 Å². The van der Waals surface area contributed by atoms with Crippen LogP contribution >= 0.6 is 15.9 Å². The number of nitrogens with one attached hydrogen (secondary N) is 2. The van der Waals surface area contributed by atoms with Gasteiger partial charge in [0.25, 0.3) is 5.91 Å². The van der Waals surface area contributed by atoms with Gasteiger partial charge in [-0.1, -0.05) is 17.7 Å². The number of anilines is 1. The highest BCUT2D eigenvalue weighted by atomic mass is 79.9. The minimum atomic E-state index is -0.675. The number of pyridine rings is 1. The van der Waals surface area contributed by atoms with Crippen LogP contribution in [0.15, 0.2) is 75.8 Å². The van der Waals surface area contributed by atoms with Gasteiger partial charge >= 0.3 is 0 Å². The van der Waals surface area contributed by atoms with E-state index in [-0.39, 0.29) is 17.4 Å². The molecule has 0 saturated heterocycles. The van der Waals surface area contributed by atoms with Crippen molar-refractivity contribution in [1.29, 1.82) is 0 Å². The van der Waals surface area contributed by atoms with E-state index >= 15 is 0 Å². The first-order valence-corrected chi connectivity index (χ1v) is 9.72. The van der Waals surface area contributed by atoms with Crippen LogP contribution < -0.4 is 10.6 Å². The molecule has 0 spiro atoms. The number of halogens is 2. The van der Waals surface area contributed by atoms with E-state index in [0.29, 0.717) is 11.3 Å². The predicted molar refractivity (Wildman–Crippen MR) is 113 cm³/mol. The topological polar surface area (TPSA) is 67.2 Å². The lowest BCUT2D eigenvalue weighted by Gasteiger charge is -2.19. The highest BCUT2D eigenvalue weighted by Crippen LogP contribution is 2.26. The van der Waals surface area contributed by atoms with Gasteiger partial charge < -0.3 is 15.1 Å². The molecular formula is C22H17BrFN3O2. The summed E-state index contributed by atoms with van der Waals surface area (Å²) in [5.41, 5.74) is 2.60. The molecule has 4 aromatic rings. The summed E-state index contributed by atoms with van der Waals surface area (Å²) in [4.78, 5) is 16.9. The van der Waals surface area contributed by atoms with Crippen molar-refractivity contribution in [2.24, 2.45) is 0 Å². The molecular weight excluding hydrogens is 437 g/mol. The maximum atomic E-state index is 13.5. The van der Waals surface area contributed by atoms with Crippen molar-refractivity contribution in [2.75, 3.05) is 5.32 Å². The number of hydrogen-bond acceptors (Lipinski definition) is 4. The third-order valence-corrected chi connectivity index (χ3v) is 4.85. The molecule has 0 fully saturated rings. The second kappa shape index (κ2) is 8.05. The summed E-state index contributed by atoms with van der Waals surface area (Å²) in [6, 6.07) is 17.2. The number of hydrogen-bond donors (Lipinski definition) is 2. The number of aryl methyl sites for hydroxylation is 1. The molecule has 1 amide bonds. The number of furan rings is 1. The van der Waals surface area contributed by atoms with Gasteiger partial charge in [-0.3, -0.25) is 4.79 Å². The minimum Gasteiger partial charge on any atom is -0.457 e. The van der Waals surface area contributed by atoms with Crippen molar-refractivity contribution in [3.8, 4) is 0 Å². The van der Waals surface area contributed by atoms with Crippen LogP contribution in [0, 0.1) is 12.7 Å². The fourth-order valence-corrected chi connectivity index (χ4v) is 3.11. The normalized spacial score (nSPS) is 12.0.